The van der Waals surface area contributed by atoms with Gasteiger partial charge in [0.25, 0.3) is 5.91 Å². The second-order valence-corrected chi connectivity index (χ2v) is 7.34. The molecule has 1 saturated heterocycles. The molecule has 4 rings (SSSR count). The number of nitrogens with zero attached hydrogens (tertiary/aromatic N) is 3. The van der Waals surface area contributed by atoms with Gasteiger partial charge in [-0.05, 0) is 49.1 Å². The van der Waals surface area contributed by atoms with Crippen molar-refractivity contribution in [1.29, 1.82) is 5.26 Å². The van der Waals surface area contributed by atoms with Crippen LogP contribution in [0.1, 0.15) is 46.8 Å². The van der Waals surface area contributed by atoms with Crippen LogP contribution in [0, 0.1) is 11.3 Å². The molecule has 0 radical (unpaired) electrons. The standard InChI is InChI=1S/C20H19ClN4O/c21-18-9-17(5-1-13(18)10-22)25-8-7-15(12-25)14-2-6-19(23-11-14)20(26)24-16-3-4-16/h1-2,5-6,9,11,15-16H,3-4,7-8,12H2,(H,24,26). The number of rotatable bonds is 4. The van der Waals surface area contributed by atoms with E-state index in [0.29, 0.717) is 28.2 Å². The maximum absolute atomic E-state index is 12.0. The van der Waals surface area contributed by atoms with E-state index in [1.54, 1.807) is 6.07 Å². The molecule has 2 heterocycles. The van der Waals surface area contributed by atoms with Gasteiger partial charge in [0.15, 0.2) is 0 Å². The minimum Gasteiger partial charge on any atom is -0.371 e. The Balaban J connectivity index is 1.42. The first-order valence-electron chi connectivity index (χ1n) is 8.85. The van der Waals surface area contributed by atoms with Crippen LogP contribution < -0.4 is 10.2 Å². The van der Waals surface area contributed by atoms with Crippen LogP contribution in [0.5, 0.6) is 0 Å². The van der Waals surface area contributed by atoms with Crippen molar-refractivity contribution in [2.45, 2.75) is 31.2 Å². The van der Waals surface area contributed by atoms with Crippen molar-refractivity contribution < 1.29 is 4.79 Å². The Labute approximate surface area is 157 Å². The van der Waals surface area contributed by atoms with Gasteiger partial charge in [-0.3, -0.25) is 9.78 Å². The largest absolute Gasteiger partial charge is 0.371 e. The van der Waals surface area contributed by atoms with Crippen molar-refractivity contribution in [3.8, 4) is 6.07 Å². The van der Waals surface area contributed by atoms with Gasteiger partial charge in [-0.2, -0.15) is 5.26 Å². The number of amides is 1. The molecule has 1 aromatic heterocycles. The van der Waals surface area contributed by atoms with Crippen LogP contribution in [0.15, 0.2) is 36.5 Å². The number of hydrogen-bond donors (Lipinski definition) is 1. The van der Waals surface area contributed by atoms with Crippen LogP contribution >= 0.6 is 11.6 Å². The van der Waals surface area contributed by atoms with E-state index in [9.17, 15) is 4.79 Å². The van der Waals surface area contributed by atoms with Crippen LogP contribution in [-0.2, 0) is 0 Å². The number of anilines is 1. The van der Waals surface area contributed by atoms with Crippen LogP contribution in [-0.4, -0.2) is 30.0 Å². The van der Waals surface area contributed by atoms with Crippen LogP contribution in [0.3, 0.4) is 0 Å². The summed E-state index contributed by atoms with van der Waals surface area (Å²) in [5.74, 6) is 0.289. The number of nitrogens with one attached hydrogen (secondary N) is 1. The third-order valence-corrected chi connectivity index (χ3v) is 5.34. The van der Waals surface area contributed by atoms with E-state index in [1.807, 2.05) is 30.5 Å². The topological polar surface area (TPSA) is 69.0 Å². The molecule has 1 unspecified atom stereocenters. The molecular weight excluding hydrogens is 348 g/mol. The molecule has 1 N–H and O–H groups in total. The molecule has 6 heteroatoms. The predicted molar refractivity (Wildman–Crippen MR) is 100 cm³/mol. The third kappa shape index (κ3) is 3.51. The van der Waals surface area contributed by atoms with Crippen molar-refractivity contribution in [3.05, 3.63) is 58.4 Å². The lowest BCUT2D eigenvalue weighted by molar-refractivity contribution is 0.0946. The van der Waals surface area contributed by atoms with Crippen LogP contribution in [0.25, 0.3) is 0 Å². The maximum atomic E-state index is 12.0. The van der Waals surface area contributed by atoms with E-state index < -0.39 is 0 Å². The number of carbonyl (C=O) groups is 1. The summed E-state index contributed by atoms with van der Waals surface area (Å²) in [6, 6.07) is 11.8. The van der Waals surface area contributed by atoms with Gasteiger partial charge in [-0.25, -0.2) is 0 Å². The van der Waals surface area contributed by atoms with Gasteiger partial charge < -0.3 is 10.2 Å². The van der Waals surface area contributed by atoms with Crippen molar-refractivity contribution in [2.75, 3.05) is 18.0 Å². The highest BCUT2D eigenvalue weighted by Crippen LogP contribution is 2.32. The number of carbonyl (C=O) groups excluding carboxylic acids is 1. The van der Waals surface area contributed by atoms with Gasteiger partial charge in [-0.15, -0.1) is 0 Å². The monoisotopic (exact) mass is 366 g/mol. The molecule has 1 saturated carbocycles. The first-order valence-corrected chi connectivity index (χ1v) is 9.23. The molecule has 2 fully saturated rings. The summed E-state index contributed by atoms with van der Waals surface area (Å²) in [4.78, 5) is 18.7. The fraction of sp³-hybridized carbons (Fsp3) is 0.350. The lowest BCUT2D eigenvalue weighted by Gasteiger charge is -2.19. The fourth-order valence-corrected chi connectivity index (χ4v) is 3.54. The summed E-state index contributed by atoms with van der Waals surface area (Å²) >= 11 is 6.15. The smallest absolute Gasteiger partial charge is 0.270 e. The molecule has 2 aliphatic rings. The number of halogens is 1. The fourth-order valence-electron chi connectivity index (χ4n) is 3.33. The minimum atomic E-state index is -0.0840. The van der Waals surface area contributed by atoms with E-state index in [1.165, 1.54) is 0 Å². The van der Waals surface area contributed by atoms with E-state index in [0.717, 1.165) is 43.6 Å². The van der Waals surface area contributed by atoms with Gasteiger partial charge in [0.1, 0.15) is 11.8 Å². The first-order chi connectivity index (χ1) is 12.6. The summed E-state index contributed by atoms with van der Waals surface area (Å²) in [6.45, 7) is 1.80. The van der Waals surface area contributed by atoms with Gasteiger partial charge in [0.05, 0.1) is 10.6 Å². The third-order valence-electron chi connectivity index (χ3n) is 5.03. The van der Waals surface area contributed by atoms with Gasteiger partial charge in [0.2, 0.25) is 0 Å². The molecule has 1 aliphatic heterocycles. The Morgan fingerprint density at radius 1 is 1.27 bits per heavy atom. The summed E-state index contributed by atoms with van der Waals surface area (Å²) in [6.07, 6.45) is 4.98. The SMILES string of the molecule is N#Cc1ccc(N2CCC(c3ccc(C(=O)NC4CC4)nc3)C2)cc1Cl. The molecule has 1 aliphatic carbocycles. The summed E-state index contributed by atoms with van der Waals surface area (Å²) < 4.78 is 0. The normalized spacial score (nSPS) is 19.2. The van der Waals surface area contributed by atoms with Crippen molar-refractivity contribution in [2.24, 2.45) is 0 Å². The molecule has 2 aromatic rings. The number of pyridine rings is 1. The highest BCUT2D eigenvalue weighted by molar-refractivity contribution is 6.32. The van der Waals surface area contributed by atoms with Crippen molar-refractivity contribution in [3.63, 3.8) is 0 Å². The Kier molecular flexibility index (Phi) is 4.52. The quantitative estimate of drug-likeness (QED) is 0.899. The summed E-state index contributed by atoms with van der Waals surface area (Å²) in [7, 11) is 0. The Bertz CT molecular complexity index is 870. The van der Waals surface area contributed by atoms with Crippen LogP contribution in [0.4, 0.5) is 5.69 Å². The number of aromatic nitrogens is 1. The lowest BCUT2D eigenvalue weighted by Crippen LogP contribution is -2.26. The maximum Gasteiger partial charge on any atom is 0.270 e. The lowest BCUT2D eigenvalue weighted by atomic mass is 10.00. The van der Waals surface area contributed by atoms with E-state index >= 15 is 0 Å². The summed E-state index contributed by atoms with van der Waals surface area (Å²) in [5, 5.41) is 12.4. The second kappa shape index (κ2) is 6.97. The zero-order valence-electron chi connectivity index (χ0n) is 14.3. The molecule has 1 aromatic carbocycles. The Morgan fingerprint density at radius 3 is 2.77 bits per heavy atom. The highest BCUT2D eigenvalue weighted by atomic mass is 35.5. The zero-order valence-corrected chi connectivity index (χ0v) is 15.0. The molecule has 0 bridgehead atoms. The van der Waals surface area contributed by atoms with Crippen molar-refractivity contribution in [1.82, 2.24) is 10.3 Å². The minimum absolute atomic E-state index is 0.0840. The number of benzene rings is 1. The van der Waals surface area contributed by atoms with E-state index in [-0.39, 0.29) is 5.91 Å². The molecule has 5 nitrogen and oxygen atoms in total. The average molecular weight is 367 g/mol. The predicted octanol–water partition coefficient (Wildman–Crippen LogP) is 3.49. The van der Waals surface area contributed by atoms with Crippen LogP contribution in [0.2, 0.25) is 5.02 Å². The Hall–Kier alpha value is -2.58. The molecule has 1 amide bonds. The second-order valence-electron chi connectivity index (χ2n) is 6.93. The van der Waals surface area contributed by atoms with Crippen molar-refractivity contribution >= 4 is 23.2 Å². The van der Waals surface area contributed by atoms with Gasteiger partial charge >= 0.3 is 0 Å². The first kappa shape index (κ1) is 16.9. The molecule has 132 valence electrons. The number of nitriles is 1. The van der Waals surface area contributed by atoms with Gasteiger partial charge in [-0.1, -0.05) is 17.7 Å². The molecule has 0 spiro atoms. The van der Waals surface area contributed by atoms with Gasteiger partial charge in [0, 0.05) is 36.9 Å². The zero-order chi connectivity index (χ0) is 18.1. The molecule has 1 atom stereocenters. The molecule has 26 heavy (non-hydrogen) atoms. The Morgan fingerprint density at radius 2 is 2.12 bits per heavy atom. The number of hydrogen-bond acceptors (Lipinski definition) is 4. The average Bonchev–Trinajstić information content (AvgIpc) is 3.33. The van der Waals surface area contributed by atoms with E-state index in [4.69, 9.17) is 16.9 Å². The van der Waals surface area contributed by atoms with E-state index in [2.05, 4.69) is 21.3 Å². The highest BCUT2D eigenvalue weighted by Gasteiger charge is 2.26. The molecular formula is C20H19ClN4O. The summed E-state index contributed by atoms with van der Waals surface area (Å²) in [5.41, 5.74) is 3.16.